The summed E-state index contributed by atoms with van der Waals surface area (Å²) in [5.41, 5.74) is 5.47. The zero-order valence-electron chi connectivity index (χ0n) is 16.4. The van der Waals surface area contributed by atoms with E-state index in [1.165, 1.54) is 11.1 Å². The molecule has 0 amide bonds. The van der Waals surface area contributed by atoms with Gasteiger partial charge in [-0.25, -0.2) is 4.98 Å². The van der Waals surface area contributed by atoms with Gasteiger partial charge in [0, 0.05) is 0 Å². The molecule has 3 aromatic rings. The molecule has 144 valence electrons. The molecule has 3 rings (SSSR count). The summed E-state index contributed by atoms with van der Waals surface area (Å²) in [6.45, 7) is 6.81. The fourth-order valence-electron chi connectivity index (χ4n) is 2.88. The summed E-state index contributed by atoms with van der Waals surface area (Å²) in [7, 11) is 1.62. The number of aryl methyl sites for hydroxylation is 2. The molecule has 5 nitrogen and oxygen atoms in total. The number of fused-ring (bicyclic) bond motifs is 1. The van der Waals surface area contributed by atoms with E-state index in [-0.39, 0.29) is 0 Å². The van der Waals surface area contributed by atoms with Gasteiger partial charge in [0.25, 0.3) is 0 Å². The number of hydrogen-bond donors (Lipinski definition) is 1. The maximum absolute atomic E-state index is 9.71. The van der Waals surface area contributed by atoms with E-state index in [9.17, 15) is 5.26 Å². The quantitative estimate of drug-likeness (QED) is 0.361. The number of rotatable bonds is 6. The number of allylic oxidation sites excluding steroid dienone is 1. The number of imidazole rings is 1. The first-order chi connectivity index (χ1) is 13.5. The molecular weight excluding hydrogens is 465 g/mol. The average molecular weight is 487 g/mol. The summed E-state index contributed by atoms with van der Waals surface area (Å²) in [4.78, 5) is 7.86. The molecule has 0 atom stereocenters. The molecule has 0 saturated heterocycles. The normalized spacial score (nSPS) is 11.5. The van der Waals surface area contributed by atoms with Gasteiger partial charge < -0.3 is 14.5 Å². The molecule has 0 radical (unpaired) electrons. The first-order valence-electron chi connectivity index (χ1n) is 9.06. The molecule has 1 aromatic heterocycles. The summed E-state index contributed by atoms with van der Waals surface area (Å²) in [6.07, 6.45) is 2.73. The van der Waals surface area contributed by atoms with Gasteiger partial charge in [-0.15, -0.1) is 0 Å². The van der Waals surface area contributed by atoms with Crippen LogP contribution in [0.4, 0.5) is 0 Å². The summed E-state index contributed by atoms with van der Waals surface area (Å²) in [5, 5.41) is 9.71. The summed E-state index contributed by atoms with van der Waals surface area (Å²) in [5.74, 6) is 1.94. The number of ether oxygens (including phenoxy) is 2. The molecule has 1 heterocycles. The minimum absolute atomic E-state index is 0.464. The third-order valence-electron chi connectivity index (χ3n) is 4.49. The average Bonchev–Trinajstić information content (AvgIpc) is 3.07. The summed E-state index contributed by atoms with van der Waals surface area (Å²) < 4.78 is 12.2. The molecular formula is C22H22IN3O2. The molecule has 6 heteroatoms. The highest BCUT2D eigenvalue weighted by Crippen LogP contribution is 2.35. The number of nitrogens with one attached hydrogen (secondary N) is 1. The molecule has 2 aromatic carbocycles. The molecule has 0 aliphatic carbocycles. The highest BCUT2D eigenvalue weighted by Gasteiger charge is 2.13. The molecule has 0 saturated carbocycles. The van der Waals surface area contributed by atoms with Crippen LogP contribution in [-0.4, -0.2) is 23.7 Å². The predicted octanol–water partition coefficient (Wildman–Crippen LogP) is 5.65. The lowest BCUT2D eigenvalue weighted by atomic mass is 10.1. The van der Waals surface area contributed by atoms with E-state index < -0.39 is 0 Å². The summed E-state index contributed by atoms with van der Waals surface area (Å²) in [6, 6.07) is 10.2. The molecule has 0 bridgehead atoms. The number of H-pyrrole nitrogens is 1. The maximum Gasteiger partial charge on any atom is 0.174 e. The van der Waals surface area contributed by atoms with Gasteiger partial charge in [-0.3, -0.25) is 0 Å². The Bertz CT molecular complexity index is 1050. The van der Waals surface area contributed by atoms with E-state index in [4.69, 9.17) is 9.47 Å². The lowest BCUT2D eigenvalue weighted by Crippen LogP contribution is -2.00. The van der Waals surface area contributed by atoms with E-state index in [0.29, 0.717) is 23.8 Å². The van der Waals surface area contributed by atoms with Gasteiger partial charge >= 0.3 is 0 Å². The van der Waals surface area contributed by atoms with Gasteiger partial charge in [-0.2, -0.15) is 5.26 Å². The van der Waals surface area contributed by atoms with Crippen LogP contribution in [-0.2, 0) is 0 Å². The van der Waals surface area contributed by atoms with Crippen molar-refractivity contribution in [1.82, 2.24) is 9.97 Å². The van der Waals surface area contributed by atoms with Crippen molar-refractivity contribution in [2.45, 2.75) is 27.2 Å². The van der Waals surface area contributed by atoms with Gasteiger partial charge in [-0.05, 0) is 89.9 Å². The van der Waals surface area contributed by atoms with Gasteiger partial charge in [0.05, 0.1) is 33.9 Å². The maximum atomic E-state index is 9.71. The Morgan fingerprint density at radius 2 is 2.00 bits per heavy atom. The third-order valence-corrected chi connectivity index (χ3v) is 5.29. The van der Waals surface area contributed by atoms with Gasteiger partial charge in [0.15, 0.2) is 11.5 Å². The van der Waals surface area contributed by atoms with Crippen LogP contribution in [0.2, 0.25) is 0 Å². The smallest absolute Gasteiger partial charge is 0.174 e. The minimum Gasteiger partial charge on any atom is -0.493 e. The van der Waals surface area contributed by atoms with Crippen LogP contribution in [0.5, 0.6) is 11.5 Å². The molecule has 0 fully saturated rings. The van der Waals surface area contributed by atoms with Crippen LogP contribution in [0.15, 0.2) is 24.3 Å². The van der Waals surface area contributed by atoms with Crippen LogP contribution in [0.25, 0.3) is 22.7 Å². The van der Waals surface area contributed by atoms with Crippen LogP contribution < -0.4 is 9.47 Å². The van der Waals surface area contributed by atoms with E-state index in [1.807, 2.05) is 24.3 Å². The number of halogens is 1. The lowest BCUT2D eigenvalue weighted by Gasteiger charge is -2.13. The summed E-state index contributed by atoms with van der Waals surface area (Å²) >= 11 is 2.23. The van der Waals surface area contributed by atoms with Crippen molar-refractivity contribution in [2.75, 3.05) is 13.7 Å². The molecule has 0 aliphatic rings. The van der Waals surface area contributed by atoms with Gasteiger partial charge in [0.1, 0.15) is 11.9 Å². The van der Waals surface area contributed by atoms with Crippen molar-refractivity contribution in [3.05, 3.63) is 50.4 Å². The van der Waals surface area contributed by atoms with Crippen molar-refractivity contribution in [3.63, 3.8) is 0 Å². The minimum atomic E-state index is 0.464. The fourth-order valence-corrected chi connectivity index (χ4v) is 3.67. The van der Waals surface area contributed by atoms with E-state index in [1.54, 1.807) is 7.11 Å². The molecule has 1 N–H and O–H groups in total. The number of nitrogens with zero attached hydrogens (tertiary/aromatic N) is 2. The van der Waals surface area contributed by atoms with Crippen molar-refractivity contribution in [3.8, 4) is 17.6 Å². The van der Waals surface area contributed by atoms with Crippen LogP contribution in [0, 0.1) is 28.7 Å². The van der Waals surface area contributed by atoms with Crippen LogP contribution >= 0.6 is 22.6 Å². The Balaban J connectivity index is 2.03. The third kappa shape index (κ3) is 4.14. The highest BCUT2D eigenvalue weighted by molar-refractivity contribution is 14.1. The van der Waals surface area contributed by atoms with Crippen molar-refractivity contribution in [1.29, 1.82) is 5.26 Å². The number of methoxy groups -OCH3 is 1. The topological polar surface area (TPSA) is 70.9 Å². The molecule has 28 heavy (non-hydrogen) atoms. The van der Waals surface area contributed by atoms with Gasteiger partial charge in [-0.1, -0.05) is 6.92 Å². The van der Waals surface area contributed by atoms with E-state index in [0.717, 1.165) is 32.3 Å². The van der Waals surface area contributed by atoms with Crippen molar-refractivity contribution in [2.24, 2.45) is 0 Å². The fraction of sp³-hybridized carbons (Fsp3) is 0.273. The number of hydrogen-bond acceptors (Lipinski definition) is 4. The largest absolute Gasteiger partial charge is 0.493 e. The first-order valence-corrected chi connectivity index (χ1v) is 10.1. The second-order valence-corrected chi connectivity index (χ2v) is 7.75. The van der Waals surface area contributed by atoms with Crippen LogP contribution in [0.1, 0.15) is 35.9 Å². The Hall–Kier alpha value is -2.53. The monoisotopic (exact) mass is 487 g/mol. The molecule has 0 unspecified atom stereocenters. The van der Waals surface area contributed by atoms with Crippen LogP contribution in [0.3, 0.4) is 0 Å². The predicted molar refractivity (Wildman–Crippen MR) is 121 cm³/mol. The van der Waals surface area contributed by atoms with Crippen molar-refractivity contribution >= 4 is 45.3 Å². The Labute approximate surface area is 178 Å². The second kappa shape index (κ2) is 8.65. The number of benzene rings is 2. The zero-order valence-corrected chi connectivity index (χ0v) is 18.5. The number of aromatic nitrogens is 2. The van der Waals surface area contributed by atoms with Crippen molar-refractivity contribution < 1.29 is 9.47 Å². The van der Waals surface area contributed by atoms with Gasteiger partial charge in [0.2, 0.25) is 0 Å². The van der Waals surface area contributed by atoms with E-state index in [2.05, 4.69) is 65.5 Å². The second-order valence-electron chi connectivity index (χ2n) is 6.59. The highest BCUT2D eigenvalue weighted by atomic mass is 127. The molecule has 0 aliphatic heterocycles. The number of nitriles is 1. The Morgan fingerprint density at radius 3 is 2.68 bits per heavy atom. The lowest BCUT2D eigenvalue weighted by molar-refractivity contribution is 0.292. The number of aromatic amines is 1. The molecule has 0 spiro atoms. The first kappa shape index (κ1) is 20.2. The van der Waals surface area contributed by atoms with E-state index >= 15 is 0 Å². The Kier molecular flexibility index (Phi) is 6.25. The standard InChI is InChI=1S/C22H22IN3O2/c1-5-6-28-21-17(23)10-15(11-20(21)27-4)9-16(12-24)22-25-18-7-13(2)14(3)8-19(18)26-22/h7-11H,5-6H2,1-4H3,(H,25,26)/b16-9+. The zero-order chi connectivity index (χ0) is 20.3. The Morgan fingerprint density at radius 1 is 1.25 bits per heavy atom. The SMILES string of the molecule is CCCOc1c(I)cc(/C=C(\C#N)c2nc3cc(C)c(C)cc3[nH]2)cc1OC.